The van der Waals surface area contributed by atoms with Crippen LogP contribution in [0.1, 0.15) is 13.3 Å². The molecule has 1 rings (SSSR count). The highest BCUT2D eigenvalue weighted by molar-refractivity contribution is 5.69. The fourth-order valence-electron chi connectivity index (χ4n) is 0.660. The van der Waals surface area contributed by atoms with E-state index >= 15 is 0 Å². The van der Waals surface area contributed by atoms with Crippen LogP contribution in [0.25, 0.3) is 0 Å². The van der Waals surface area contributed by atoms with Gasteiger partial charge in [-0.15, -0.1) is 0 Å². The van der Waals surface area contributed by atoms with Crippen molar-refractivity contribution in [1.82, 2.24) is 5.32 Å². The lowest BCUT2D eigenvalue weighted by Gasteiger charge is -1.99. The van der Waals surface area contributed by atoms with E-state index in [4.69, 9.17) is 4.74 Å². The van der Waals surface area contributed by atoms with E-state index in [1.807, 2.05) is 6.92 Å². The minimum Gasteiger partial charge on any atom is -0.444 e. The van der Waals surface area contributed by atoms with Crippen LogP contribution in [0.3, 0.4) is 0 Å². The van der Waals surface area contributed by atoms with Gasteiger partial charge in [-0.2, -0.15) is 0 Å². The van der Waals surface area contributed by atoms with Crippen LogP contribution in [0.15, 0.2) is 0 Å². The van der Waals surface area contributed by atoms with E-state index in [2.05, 4.69) is 5.32 Å². The van der Waals surface area contributed by atoms with Crippen molar-refractivity contribution in [2.75, 3.05) is 6.54 Å². The van der Waals surface area contributed by atoms with E-state index in [9.17, 15) is 4.79 Å². The smallest absolute Gasteiger partial charge is 0.407 e. The number of hydrogen-bond donors (Lipinski definition) is 1. The largest absolute Gasteiger partial charge is 0.444 e. The summed E-state index contributed by atoms with van der Waals surface area (Å²) >= 11 is 0. The molecule has 1 amide bonds. The van der Waals surface area contributed by atoms with Crippen molar-refractivity contribution in [1.29, 1.82) is 0 Å². The minimum atomic E-state index is -0.281. The predicted octanol–water partition coefficient (Wildman–Crippen LogP) is 0.505. The highest BCUT2D eigenvalue weighted by Crippen LogP contribution is 2.02. The van der Waals surface area contributed by atoms with Crippen LogP contribution in [0.5, 0.6) is 0 Å². The first-order valence-corrected chi connectivity index (χ1v) is 2.77. The van der Waals surface area contributed by atoms with Crippen molar-refractivity contribution in [3.63, 3.8) is 0 Å². The Morgan fingerprint density at radius 3 is 3.00 bits per heavy atom. The molecular weight excluding hydrogens is 106 g/mol. The minimum absolute atomic E-state index is 0.113. The summed E-state index contributed by atoms with van der Waals surface area (Å²) in [6.07, 6.45) is 0.734. The van der Waals surface area contributed by atoms with Gasteiger partial charge in [-0.3, -0.25) is 0 Å². The summed E-state index contributed by atoms with van der Waals surface area (Å²) < 4.78 is 4.76. The van der Waals surface area contributed by atoms with Gasteiger partial charge in [0.2, 0.25) is 0 Å². The molecule has 1 saturated heterocycles. The molecule has 0 aromatic heterocycles. The molecular formula is C5H9NO2. The summed E-state index contributed by atoms with van der Waals surface area (Å²) in [6, 6.07) is 0. The van der Waals surface area contributed by atoms with Gasteiger partial charge in [0.05, 0.1) is 6.54 Å². The number of carbonyl (C=O) groups is 1. The van der Waals surface area contributed by atoms with Crippen molar-refractivity contribution in [2.45, 2.75) is 19.4 Å². The Bertz CT molecular complexity index is 103. The van der Waals surface area contributed by atoms with E-state index in [1.54, 1.807) is 0 Å². The Kier molecular flexibility index (Phi) is 1.37. The lowest BCUT2D eigenvalue weighted by atomic mass is 10.3. The first-order valence-electron chi connectivity index (χ1n) is 2.77. The second-order valence-corrected chi connectivity index (χ2v) is 1.82. The van der Waals surface area contributed by atoms with E-state index in [-0.39, 0.29) is 12.2 Å². The maximum Gasteiger partial charge on any atom is 0.407 e. The Balaban J connectivity index is 2.32. The summed E-state index contributed by atoms with van der Waals surface area (Å²) in [5.74, 6) is 0. The zero-order valence-electron chi connectivity index (χ0n) is 4.81. The van der Waals surface area contributed by atoms with Crippen molar-refractivity contribution in [2.24, 2.45) is 0 Å². The molecule has 1 aliphatic heterocycles. The molecule has 0 aliphatic carbocycles. The highest BCUT2D eigenvalue weighted by atomic mass is 16.6. The molecule has 46 valence electrons. The van der Waals surface area contributed by atoms with Crippen LogP contribution in [0.4, 0.5) is 4.79 Å². The second kappa shape index (κ2) is 2.03. The average Bonchev–Trinajstić information content (AvgIpc) is 2.14. The Morgan fingerprint density at radius 1 is 2.00 bits per heavy atom. The molecule has 0 saturated carbocycles. The monoisotopic (exact) mass is 115 g/mol. The third kappa shape index (κ3) is 0.911. The van der Waals surface area contributed by atoms with Gasteiger partial charge in [-0.1, -0.05) is 6.92 Å². The molecule has 1 fully saturated rings. The van der Waals surface area contributed by atoms with Crippen LogP contribution >= 0.6 is 0 Å². The Morgan fingerprint density at radius 2 is 2.75 bits per heavy atom. The quantitative estimate of drug-likeness (QED) is 0.540. The third-order valence-corrected chi connectivity index (χ3v) is 1.20. The van der Waals surface area contributed by atoms with Crippen LogP contribution in [-0.4, -0.2) is 18.7 Å². The third-order valence-electron chi connectivity index (χ3n) is 1.20. The number of carbonyl (C=O) groups excluding carboxylic acids is 1. The molecule has 8 heavy (non-hydrogen) atoms. The van der Waals surface area contributed by atoms with Crippen LogP contribution in [-0.2, 0) is 4.74 Å². The number of ether oxygens (including phenoxy) is 1. The molecule has 3 nitrogen and oxygen atoms in total. The molecule has 1 heterocycles. The molecule has 0 bridgehead atoms. The average molecular weight is 115 g/mol. The molecule has 1 aliphatic rings. The SMILES string of the molecule is CCC1CNC(=O)O1. The van der Waals surface area contributed by atoms with Crippen molar-refractivity contribution in [3.05, 3.63) is 0 Å². The summed E-state index contributed by atoms with van der Waals surface area (Å²) in [4.78, 5) is 10.3. The molecule has 0 spiro atoms. The normalized spacial score (nSPS) is 27.1. The number of hydrogen-bond acceptors (Lipinski definition) is 2. The first kappa shape index (κ1) is 5.41. The van der Waals surface area contributed by atoms with E-state index < -0.39 is 0 Å². The maximum atomic E-state index is 10.3. The summed E-state index contributed by atoms with van der Waals surface area (Å²) in [5, 5.41) is 2.56. The summed E-state index contributed by atoms with van der Waals surface area (Å²) in [5.41, 5.74) is 0. The molecule has 1 unspecified atom stereocenters. The number of alkyl carbamates (subject to hydrolysis) is 1. The number of nitrogens with one attached hydrogen (secondary N) is 1. The van der Waals surface area contributed by atoms with Gasteiger partial charge in [0.1, 0.15) is 6.10 Å². The van der Waals surface area contributed by atoms with Gasteiger partial charge in [0.15, 0.2) is 0 Å². The predicted molar refractivity (Wildman–Crippen MR) is 28.6 cm³/mol. The van der Waals surface area contributed by atoms with Gasteiger partial charge in [-0.05, 0) is 6.42 Å². The molecule has 1 atom stereocenters. The topological polar surface area (TPSA) is 38.3 Å². The fourth-order valence-corrected chi connectivity index (χ4v) is 0.660. The van der Waals surface area contributed by atoms with Crippen molar-refractivity contribution in [3.8, 4) is 0 Å². The van der Waals surface area contributed by atoms with E-state index in [0.29, 0.717) is 6.54 Å². The van der Waals surface area contributed by atoms with Gasteiger partial charge in [0, 0.05) is 0 Å². The van der Waals surface area contributed by atoms with Crippen LogP contribution in [0, 0.1) is 0 Å². The van der Waals surface area contributed by atoms with Gasteiger partial charge in [0.25, 0.3) is 0 Å². The molecule has 0 aromatic carbocycles. The number of cyclic esters (lactones) is 1. The summed E-state index contributed by atoms with van der Waals surface area (Å²) in [7, 11) is 0. The molecule has 0 aromatic rings. The fraction of sp³-hybridized carbons (Fsp3) is 0.800. The highest BCUT2D eigenvalue weighted by Gasteiger charge is 2.19. The van der Waals surface area contributed by atoms with Crippen molar-refractivity contribution >= 4 is 6.09 Å². The Labute approximate surface area is 48.0 Å². The molecule has 3 heteroatoms. The van der Waals surface area contributed by atoms with Gasteiger partial charge in [-0.25, -0.2) is 4.79 Å². The Hall–Kier alpha value is -0.730. The first-order chi connectivity index (χ1) is 3.83. The number of amides is 1. The molecule has 1 N–H and O–H groups in total. The van der Waals surface area contributed by atoms with Crippen LogP contribution < -0.4 is 5.32 Å². The standard InChI is InChI=1S/C5H9NO2/c1-2-4-3-6-5(7)8-4/h4H,2-3H2,1H3,(H,6,7). The zero-order chi connectivity index (χ0) is 5.98. The lowest BCUT2D eigenvalue weighted by molar-refractivity contribution is 0.138. The number of rotatable bonds is 1. The van der Waals surface area contributed by atoms with Gasteiger partial charge < -0.3 is 10.1 Å². The van der Waals surface area contributed by atoms with Gasteiger partial charge >= 0.3 is 6.09 Å². The second-order valence-electron chi connectivity index (χ2n) is 1.82. The zero-order valence-corrected chi connectivity index (χ0v) is 4.81. The molecule has 0 radical (unpaired) electrons. The maximum absolute atomic E-state index is 10.3. The summed E-state index contributed by atoms with van der Waals surface area (Å²) in [6.45, 7) is 2.67. The van der Waals surface area contributed by atoms with Crippen molar-refractivity contribution < 1.29 is 9.53 Å². The van der Waals surface area contributed by atoms with E-state index in [0.717, 1.165) is 6.42 Å². The van der Waals surface area contributed by atoms with E-state index in [1.165, 1.54) is 0 Å². The lowest BCUT2D eigenvalue weighted by Crippen LogP contribution is -2.13. The van der Waals surface area contributed by atoms with Crippen LogP contribution in [0.2, 0.25) is 0 Å².